The van der Waals surface area contributed by atoms with Crippen LogP contribution in [0, 0.1) is 0 Å². The lowest BCUT2D eigenvalue weighted by molar-refractivity contribution is 0.227. The number of aryl methyl sites for hydroxylation is 1. The summed E-state index contributed by atoms with van der Waals surface area (Å²) >= 11 is 7.60. The molecule has 170 valence electrons. The van der Waals surface area contributed by atoms with Crippen LogP contribution in [0.15, 0.2) is 44.2 Å². The molecule has 0 amide bonds. The first kappa shape index (κ1) is 21.8. The summed E-state index contributed by atoms with van der Waals surface area (Å²) in [5.74, 6) is 0. The van der Waals surface area contributed by atoms with Crippen molar-refractivity contribution < 1.29 is 5.11 Å². The van der Waals surface area contributed by atoms with Crippen molar-refractivity contribution in [3.8, 4) is 11.3 Å². The number of fused-ring (bicyclic) bond motifs is 3. The molecule has 1 aliphatic heterocycles. The Labute approximate surface area is 198 Å². The highest BCUT2D eigenvalue weighted by Gasteiger charge is 2.48. The van der Waals surface area contributed by atoms with Gasteiger partial charge in [0.2, 0.25) is 0 Å². The maximum absolute atomic E-state index is 13.5. The lowest BCUT2D eigenvalue weighted by Crippen LogP contribution is -2.37. The minimum absolute atomic E-state index is 0.136. The number of thiazole rings is 1. The number of aromatic nitrogens is 4. The van der Waals surface area contributed by atoms with E-state index in [1.807, 2.05) is 35.8 Å². The van der Waals surface area contributed by atoms with Gasteiger partial charge in [0.1, 0.15) is 10.2 Å². The maximum atomic E-state index is 13.5. The van der Waals surface area contributed by atoms with Gasteiger partial charge in [0, 0.05) is 25.0 Å². The molecule has 2 atom stereocenters. The van der Waals surface area contributed by atoms with E-state index in [0.717, 1.165) is 20.8 Å². The summed E-state index contributed by atoms with van der Waals surface area (Å²) < 4.78 is 4.63. The minimum atomic E-state index is -0.660. The molecular formula is C23H22ClN5O3S. The number of nitrogens with zero attached hydrogens (tertiary/aromatic N) is 5. The molecule has 1 aromatic carbocycles. The van der Waals surface area contributed by atoms with Crippen molar-refractivity contribution in [3.63, 3.8) is 0 Å². The molecule has 0 spiro atoms. The zero-order chi connectivity index (χ0) is 23.7. The molecule has 0 bridgehead atoms. The summed E-state index contributed by atoms with van der Waals surface area (Å²) in [6, 6.07) is 7.09. The molecule has 1 aliphatic rings. The molecule has 0 aliphatic carbocycles. The molecular weight excluding hydrogens is 462 g/mol. The van der Waals surface area contributed by atoms with Crippen LogP contribution in [0.5, 0.6) is 0 Å². The van der Waals surface area contributed by atoms with Crippen LogP contribution >= 0.6 is 22.9 Å². The number of aliphatic imine (C=N–C) groups is 1. The Morgan fingerprint density at radius 1 is 1.33 bits per heavy atom. The first-order chi connectivity index (χ1) is 15.7. The first-order valence-corrected chi connectivity index (χ1v) is 11.6. The number of rotatable bonds is 4. The van der Waals surface area contributed by atoms with Crippen LogP contribution in [0.4, 0.5) is 5.69 Å². The molecule has 3 aromatic heterocycles. The average Bonchev–Trinajstić information content (AvgIpc) is 3.49. The third-order valence-corrected chi connectivity index (χ3v) is 8.03. The van der Waals surface area contributed by atoms with Crippen molar-refractivity contribution in [1.82, 2.24) is 18.7 Å². The van der Waals surface area contributed by atoms with Crippen LogP contribution in [-0.2, 0) is 19.5 Å². The average molecular weight is 484 g/mol. The van der Waals surface area contributed by atoms with E-state index in [2.05, 4.69) is 16.7 Å². The summed E-state index contributed by atoms with van der Waals surface area (Å²) in [4.78, 5) is 35.0. The lowest BCUT2D eigenvalue weighted by Gasteiger charge is -2.22. The molecule has 0 saturated carbocycles. The van der Waals surface area contributed by atoms with Crippen molar-refractivity contribution in [1.29, 1.82) is 0 Å². The van der Waals surface area contributed by atoms with Crippen LogP contribution in [0.1, 0.15) is 30.1 Å². The molecule has 0 saturated heterocycles. The molecule has 1 N–H and O–H groups in total. The van der Waals surface area contributed by atoms with E-state index in [4.69, 9.17) is 11.6 Å². The second-order valence-corrected chi connectivity index (χ2v) is 9.80. The van der Waals surface area contributed by atoms with Crippen LogP contribution < -0.4 is 11.2 Å². The zero-order valence-electron chi connectivity index (χ0n) is 18.4. The maximum Gasteiger partial charge on any atom is 0.331 e. The summed E-state index contributed by atoms with van der Waals surface area (Å²) in [5, 5.41) is 13.7. The number of hydrogen-bond acceptors (Lipinski definition) is 6. The molecule has 5 rings (SSSR count). The Balaban J connectivity index is 2.02. The number of halogens is 1. The standard InChI is InChI=1S/C23H22ClN5O3S/c1-23(21-26-15(24)11-33-21)9-14(10-30)29-17(12-6-5-7-13(8-12)25-2)16-18(19(23)29)27(3)22(32)28(4)20(16)31/h5-8,11,14,30H,2,9-10H2,1,3-4H3/t14-,23-/m0/s1. The number of aliphatic hydroxyl groups excluding tert-OH is 1. The normalized spacial score (nSPS) is 19.8. The Kier molecular flexibility index (Phi) is 4.97. The molecule has 33 heavy (non-hydrogen) atoms. The molecule has 4 heterocycles. The van der Waals surface area contributed by atoms with Gasteiger partial charge >= 0.3 is 5.69 Å². The minimum Gasteiger partial charge on any atom is -0.394 e. The van der Waals surface area contributed by atoms with Crippen LogP contribution in [-0.4, -0.2) is 37.1 Å². The fourth-order valence-electron chi connectivity index (χ4n) is 5.11. The quantitative estimate of drug-likeness (QED) is 0.450. The van der Waals surface area contributed by atoms with Crippen molar-refractivity contribution in [2.75, 3.05) is 6.61 Å². The Morgan fingerprint density at radius 3 is 2.73 bits per heavy atom. The van der Waals surface area contributed by atoms with Crippen LogP contribution in [0.2, 0.25) is 5.15 Å². The summed E-state index contributed by atoms with van der Waals surface area (Å²) in [7, 11) is 3.14. The Hall–Kier alpha value is -3.01. The second-order valence-electron chi connectivity index (χ2n) is 8.55. The highest BCUT2D eigenvalue weighted by atomic mass is 35.5. The van der Waals surface area contributed by atoms with E-state index in [-0.39, 0.29) is 12.6 Å². The predicted molar refractivity (Wildman–Crippen MR) is 131 cm³/mol. The SMILES string of the molecule is C=Nc1cccc(-c2c3c(=O)n(C)c(=O)n(C)c3c3n2[C@H](CO)C[C@]3(C)c2nc(Cl)cs2)c1. The first-order valence-electron chi connectivity index (χ1n) is 10.4. The van der Waals surface area contributed by atoms with Crippen LogP contribution in [0.25, 0.3) is 22.2 Å². The van der Waals surface area contributed by atoms with E-state index in [9.17, 15) is 14.7 Å². The largest absolute Gasteiger partial charge is 0.394 e. The van der Waals surface area contributed by atoms with Gasteiger partial charge in [0.05, 0.1) is 46.0 Å². The van der Waals surface area contributed by atoms with E-state index in [1.54, 1.807) is 12.4 Å². The van der Waals surface area contributed by atoms with Crippen molar-refractivity contribution in [3.05, 3.63) is 66.3 Å². The van der Waals surface area contributed by atoms with E-state index in [1.165, 1.54) is 23.0 Å². The smallest absolute Gasteiger partial charge is 0.331 e. The topological polar surface area (TPSA) is 94.4 Å². The highest BCUT2D eigenvalue weighted by Crippen LogP contribution is 2.53. The Bertz CT molecular complexity index is 1560. The fourth-order valence-corrected chi connectivity index (χ4v) is 6.23. The van der Waals surface area contributed by atoms with E-state index < -0.39 is 16.7 Å². The van der Waals surface area contributed by atoms with Gasteiger partial charge in [-0.3, -0.25) is 18.9 Å². The molecule has 10 heteroatoms. The monoisotopic (exact) mass is 483 g/mol. The molecule has 0 fully saturated rings. The summed E-state index contributed by atoms with van der Waals surface area (Å²) in [5.41, 5.74) is 1.91. The van der Waals surface area contributed by atoms with Gasteiger partial charge in [-0.25, -0.2) is 9.78 Å². The molecule has 0 radical (unpaired) electrons. The number of benzene rings is 1. The van der Waals surface area contributed by atoms with Gasteiger partial charge in [0.25, 0.3) is 5.56 Å². The van der Waals surface area contributed by atoms with E-state index in [0.29, 0.717) is 33.9 Å². The van der Waals surface area contributed by atoms with Gasteiger partial charge in [-0.15, -0.1) is 11.3 Å². The number of aliphatic hydroxyl groups is 1. The lowest BCUT2D eigenvalue weighted by atomic mass is 9.84. The van der Waals surface area contributed by atoms with Gasteiger partial charge < -0.3 is 9.67 Å². The summed E-state index contributed by atoms with van der Waals surface area (Å²) in [6.07, 6.45) is 0.550. The van der Waals surface area contributed by atoms with Gasteiger partial charge in [-0.05, 0) is 32.2 Å². The predicted octanol–water partition coefficient (Wildman–Crippen LogP) is 3.39. The molecule has 8 nitrogen and oxygen atoms in total. The molecule has 4 aromatic rings. The number of hydrogen-bond donors (Lipinski definition) is 1. The van der Waals surface area contributed by atoms with Crippen molar-refractivity contribution in [2.45, 2.75) is 24.8 Å². The zero-order valence-corrected chi connectivity index (χ0v) is 19.9. The van der Waals surface area contributed by atoms with E-state index >= 15 is 0 Å². The van der Waals surface area contributed by atoms with Gasteiger partial charge in [-0.2, -0.15) is 0 Å². The van der Waals surface area contributed by atoms with Gasteiger partial charge in [-0.1, -0.05) is 23.7 Å². The molecule has 0 unspecified atom stereocenters. The van der Waals surface area contributed by atoms with Gasteiger partial charge in [0.15, 0.2) is 0 Å². The van der Waals surface area contributed by atoms with Crippen molar-refractivity contribution in [2.24, 2.45) is 19.1 Å². The highest BCUT2D eigenvalue weighted by molar-refractivity contribution is 7.10. The third kappa shape index (κ3) is 2.92. The second kappa shape index (κ2) is 7.51. The van der Waals surface area contributed by atoms with Crippen LogP contribution in [0.3, 0.4) is 0 Å². The Morgan fingerprint density at radius 2 is 2.09 bits per heavy atom. The fraction of sp³-hybridized carbons (Fsp3) is 0.304. The third-order valence-electron chi connectivity index (χ3n) is 6.60. The van der Waals surface area contributed by atoms with Crippen molar-refractivity contribution >= 4 is 46.2 Å². The summed E-state index contributed by atoms with van der Waals surface area (Å²) in [6.45, 7) is 5.50.